The predicted molar refractivity (Wildman–Crippen MR) is 113 cm³/mol. The number of anilines is 2. The molecule has 1 aliphatic heterocycles. The Labute approximate surface area is 165 Å². The van der Waals surface area contributed by atoms with Crippen LogP contribution in [0.15, 0.2) is 54.7 Å². The molecule has 1 saturated heterocycles. The highest BCUT2D eigenvalue weighted by molar-refractivity contribution is 5.92. The second kappa shape index (κ2) is 7.84. The van der Waals surface area contributed by atoms with Crippen LogP contribution in [0, 0.1) is 6.92 Å². The maximum Gasteiger partial charge on any atom is 0.322 e. The van der Waals surface area contributed by atoms with Gasteiger partial charge in [0.1, 0.15) is 5.82 Å². The van der Waals surface area contributed by atoms with E-state index in [1.54, 1.807) is 6.20 Å². The summed E-state index contributed by atoms with van der Waals surface area (Å²) < 4.78 is 0. The fourth-order valence-corrected chi connectivity index (χ4v) is 3.72. The number of nitrogens with zero attached hydrogens (tertiary/aromatic N) is 4. The largest absolute Gasteiger partial charge is 0.353 e. The minimum atomic E-state index is -0.0565. The zero-order valence-electron chi connectivity index (χ0n) is 16.3. The van der Waals surface area contributed by atoms with Gasteiger partial charge in [-0.2, -0.15) is 0 Å². The van der Waals surface area contributed by atoms with Crippen LogP contribution in [0.1, 0.15) is 19.0 Å². The van der Waals surface area contributed by atoms with Crippen LogP contribution in [-0.2, 0) is 0 Å². The normalized spacial score (nSPS) is 17.0. The van der Waals surface area contributed by atoms with Gasteiger partial charge in [0, 0.05) is 42.6 Å². The maximum absolute atomic E-state index is 12.9. The average Bonchev–Trinajstić information content (AvgIpc) is 2.73. The van der Waals surface area contributed by atoms with Gasteiger partial charge < -0.3 is 15.1 Å². The molecule has 4 rings (SSSR count). The Hall–Kier alpha value is -3.15. The number of piperazine rings is 1. The molecule has 0 radical (unpaired) electrons. The molecule has 2 aromatic heterocycles. The number of urea groups is 1. The van der Waals surface area contributed by atoms with E-state index >= 15 is 0 Å². The molecule has 3 heterocycles. The summed E-state index contributed by atoms with van der Waals surface area (Å²) >= 11 is 0. The molecule has 0 aliphatic carbocycles. The van der Waals surface area contributed by atoms with Gasteiger partial charge in [-0.25, -0.2) is 9.78 Å². The summed E-state index contributed by atoms with van der Waals surface area (Å²) in [7, 11) is 0. The van der Waals surface area contributed by atoms with E-state index in [1.807, 2.05) is 60.4 Å². The number of hydrogen-bond donors (Lipinski definition) is 1. The van der Waals surface area contributed by atoms with Gasteiger partial charge in [0.05, 0.1) is 11.6 Å². The van der Waals surface area contributed by atoms with Crippen LogP contribution in [-0.4, -0.2) is 46.6 Å². The maximum atomic E-state index is 12.9. The van der Waals surface area contributed by atoms with Crippen molar-refractivity contribution in [2.45, 2.75) is 26.3 Å². The first kappa shape index (κ1) is 18.2. The Morgan fingerprint density at radius 1 is 1.18 bits per heavy atom. The van der Waals surface area contributed by atoms with E-state index in [2.05, 4.69) is 27.1 Å². The van der Waals surface area contributed by atoms with Crippen molar-refractivity contribution in [3.63, 3.8) is 0 Å². The van der Waals surface area contributed by atoms with Crippen molar-refractivity contribution in [1.29, 1.82) is 0 Å². The number of pyridine rings is 2. The quantitative estimate of drug-likeness (QED) is 0.750. The lowest BCUT2D eigenvalue weighted by atomic mass is 10.1. The fourth-order valence-electron chi connectivity index (χ4n) is 3.72. The number of hydrogen-bond acceptors (Lipinski definition) is 4. The van der Waals surface area contributed by atoms with Crippen LogP contribution in [0.25, 0.3) is 10.9 Å². The number of aromatic nitrogens is 2. The molecule has 1 aliphatic rings. The molecule has 0 spiro atoms. The third kappa shape index (κ3) is 3.76. The van der Waals surface area contributed by atoms with Gasteiger partial charge in [-0.3, -0.25) is 4.98 Å². The summed E-state index contributed by atoms with van der Waals surface area (Å²) in [6.07, 6.45) is 2.66. The molecule has 1 fully saturated rings. The molecule has 6 nitrogen and oxygen atoms in total. The molecule has 3 aromatic rings. The van der Waals surface area contributed by atoms with Crippen LogP contribution >= 0.6 is 0 Å². The van der Waals surface area contributed by atoms with Crippen LogP contribution in [0.3, 0.4) is 0 Å². The summed E-state index contributed by atoms with van der Waals surface area (Å²) in [5, 5.41) is 4.11. The van der Waals surface area contributed by atoms with E-state index in [0.29, 0.717) is 6.54 Å². The van der Waals surface area contributed by atoms with Gasteiger partial charge in [0.25, 0.3) is 0 Å². The number of aryl methyl sites for hydroxylation is 1. The van der Waals surface area contributed by atoms with Gasteiger partial charge in [0.15, 0.2) is 0 Å². The number of amides is 2. The van der Waals surface area contributed by atoms with Crippen molar-refractivity contribution in [1.82, 2.24) is 14.9 Å². The molecule has 28 heavy (non-hydrogen) atoms. The SMILES string of the molecule is CC[C@@H]1CN(c2cccc(C)n2)CCN1C(=O)Nc1ccc2cccnc2c1. The van der Waals surface area contributed by atoms with E-state index in [9.17, 15) is 4.79 Å². The van der Waals surface area contributed by atoms with Crippen molar-refractivity contribution in [2.75, 3.05) is 29.9 Å². The Morgan fingerprint density at radius 2 is 2.07 bits per heavy atom. The van der Waals surface area contributed by atoms with Gasteiger partial charge in [-0.15, -0.1) is 0 Å². The topological polar surface area (TPSA) is 61.4 Å². The monoisotopic (exact) mass is 375 g/mol. The lowest BCUT2D eigenvalue weighted by Crippen LogP contribution is -2.56. The molecule has 1 N–H and O–H groups in total. The van der Waals surface area contributed by atoms with Crippen molar-refractivity contribution in [3.05, 3.63) is 60.4 Å². The Kier molecular flexibility index (Phi) is 5.10. The molecule has 1 aromatic carbocycles. The summed E-state index contributed by atoms with van der Waals surface area (Å²) in [6, 6.07) is 15.9. The molecular formula is C22H25N5O. The number of rotatable bonds is 3. The molecule has 0 bridgehead atoms. The smallest absolute Gasteiger partial charge is 0.322 e. The van der Waals surface area contributed by atoms with E-state index in [-0.39, 0.29) is 12.1 Å². The van der Waals surface area contributed by atoms with Crippen LogP contribution in [0.5, 0.6) is 0 Å². The highest BCUT2D eigenvalue weighted by Gasteiger charge is 2.30. The first-order chi connectivity index (χ1) is 13.6. The highest BCUT2D eigenvalue weighted by atomic mass is 16.2. The van der Waals surface area contributed by atoms with Gasteiger partial charge in [-0.1, -0.05) is 25.1 Å². The second-order valence-corrected chi connectivity index (χ2v) is 7.18. The number of nitrogens with one attached hydrogen (secondary N) is 1. The molecule has 2 amide bonds. The fraction of sp³-hybridized carbons (Fsp3) is 0.318. The van der Waals surface area contributed by atoms with E-state index in [4.69, 9.17) is 0 Å². The van der Waals surface area contributed by atoms with Crippen LogP contribution in [0.2, 0.25) is 0 Å². The lowest BCUT2D eigenvalue weighted by molar-refractivity contribution is 0.176. The zero-order valence-corrected chi connectivity index (χ0v) is 16.3. The highest BCUT2D eigenvalue weighted by Crippen LogP contribution is 2.21. The number of carbonyl (C=O) groups is 1. The van der Waals surface area contributed by atoms with Gasteiger partial charge in [-0.05, 0) is 43.7 Å². The summed E-state index contributed by atoms with van der Waals surface area (Å²) in [4.78, 5) is 26.1. The first-order valence-electron chi connectivity index (χ1n) is 9.75. The zero-order chi connectivity index (χ0) is 19.5. The van der Waals surface area contributed by atoms with E-state index in [1.165, 1.54) is 0 Å². The average molecular weight is 375 g/mol. The summed E-state index contributed by atoms with van der Waals surface area (Å²) in [6.45, 7) is 6.37. The summed E-state index contributed by atoms with van der Waals surface area (Å²) in [5.41, 5.74) is 2.66. The van der Waals surface area contributed by atoms with Crippen molar-refractivity contribution in [2.24, 2.45) is 0 Å². The van der Waals surface area contributed by atoms with Gasteiger partial charge in [0.2, 0.25) is 0 Å². The number of carbonyl (C=O) groups excluding carboxylic acids is 1. The molecular weight excluding hydrogens is 350 g/mol. The first-order valence-corrected chi connectivity index (χ1v) is 9.75. The second-order valence-electron chi connectivity index (χ2n) is 7.18. The Bertz CT molecular complexity index is 989. The third-order valence-electron chi connectivity index (χ3n) is 5.27. The Morgan fingerprint density at radius 3 is 2.89 bits per heavy atom. The van der Waals surface area contributed by atoms with Crippen molar-refractivity contribution < 1.29 is 4.79 Å². The minimum absolute atomic E-state index is 0.0565. The van der Waals surface area contributed by atoms with Crippen molar-refractivity contribution >= 4 is 28.4 Å². The minimum Gasteiger partial charge on any atom is -0.353 e. The molecule has 1 atom stereocenters. The summed E-state index contributed by atoms with van der Waals surface area (Å²) in [5.74, 6) is 0.985. The van der Waals surface area contributed by atoms with Crippen LogP contribution < -0.4 is 10.2 Å². The Balaban J connectivity index is 1.46. The standard InChI is InChI=1S/C22H25N5O/c1-3-19-15-26(21-8-4-6-16(2)24-21)12-13-27(19)22(28)25-18-10-9-17-7-5-11-23-20(17)14-18/h4-11,14,19H,3,12-13,15H2,1-2H3,(H,25,28)/t19-/m1/s1. The van der Waals surface area contributed by atoms with Crippen LogP contribution in [0.4, 0.5) is 16.3 Å². The van der Waals surface area contributed by atoms with E-state index in [0.717, 1.165) is 47.6 Å². The molecule has 144 valence electrons. The predicted octanol–water partition coefficient (Wildman–Crippen LogP) is 4.07. The third-order valence-corrected chi connectivity index (χ3v) is 5.27. The number of benzene rings is 1. The lowest BCUT2D eigenvalue weighted by Gasteiger charge is -2.41. The molecule has 6 heteroatoms. The van der Waals surface area contributed by atoms with Gasteiger partial charge >= 0.3 is 6.03 Å². The molecule has 0 unspecified atom stereocenters. The number of fused-ring (bicyclic) bond motifs is 1. The van der Waals surface area contributed by atoms with E-state index < -0.39 is 0 Å². The van der Waals surface area contributed by atoms with Crippen molar-refractivity contribution in [3.8, 4) is 0 Å². The molecule has 0 saturated carbocycles.